The number of pyridine rings is 1. The lowest BCUT2D eigenvalue weighted by molar-refractivity contribution is 0.0605. The van der Waals surface area contributed by atoms with Crippen LogP contribution in [0.25, 0.3) is 0 Å². The summed E-state index contributed by atoms with van der Waals surface area (Å²) in [6, 6.07) is 3.25. The zero-order valence-corrected chi connectivity index (χ0v) is 11.1. The first-order chi connectivity index (χ1) is 9.25. The van der Waals surface area contributed by atoms with Crippen LogP contribution >= 0.6 is 0 Å². The van der Waals surface area contributed by atoms with Crippen LogP contribution in [-0.4, -0.2) is 23.6 Å². The molecular weight excluding hydrogens is 242 g/mol. The van der Waals surface area contributed by atoms with Crippen LogP contribution in [0.15, 0.2) is 16.9 Å². The summed E-state index contributed by atoms with van der Waals surface area (Å²) in [5.41, 5.74) is 1.74. The predicted octanol–water partition coefficient (Wildman–Crippen LogP) is 1.79. The van der Waals surface area contributed by atoms with Crippen LogP contribution in [0.2, 0.25) is 0 Å². The van der Waals surface area contributed by atoms with Gasteiger partial charge in [-0.05, 0) is 37.7 Å². The van der Waals surface area contributed by atoms with E-state index >= 15 is 0 Å². The van der Waals surface area contributed by atoms with E-state index in [4.69, 9.17) is 4.74 Å². The van der Waals surface area contributed by atoms with Crippen molar-refractivity contribution >= 4 is 5.78 Å². The average Bonchev–Trinajstić information content (AvgIpc) is 2.43. The van der Waals surface area contributed by atoms with E-state index in [0.717, 1.165) is 56.7 Å². The van der Waals surface area contributed by atoms with Crippen molar-refractivity contribution in [3.63, 3.8) is 0 Å². The Morgan fingerprint density at radius 2 is 1.95 bits per heavy atom. The van der Waals surface area contributed by atoms with Crippen molar-refractivity contribution < 1.29 is 9.53 Å². The molecule has 1 saturated heterocycles. The molecule has 19 heavy (non-hydrogen) atoms. The van der Waals surface area contributed by atoms with E-state index in [2.05, 4.69) is 0 Å². The van der Waals surface area contributed by atoms with Crippen molar-refractivity contribution in [3.05, 3.63) is 33.7 Å². The number of carbonyl (C=O) groups excluding carboxylic acids is 1. The first-order valence-electron chi connectivity index (χ1n) is 7.09. The summed E-state index contributed by atoms with van der Waals surface area (Å²) in [5, 5.41) is 0. The molecule has 0 atom stereocenters. The number of Topliss-reactive ketones (excluding diaryl/α,β-unsaturated/α-hetero) is 1. The van der Waals surface area contributed by atoms with Crippen molar-refractivity contribution in [2.75, 3.05) is 13.2 Å². The highest BCUT2D eigenvalue weighted by Crippen LogP contribution is 2.22. The predicted molar refractivity (Wildman–Crippen MR) is 71.5 cm³/mol. The third-order valence-electron chi connectivity index (χ3n) is 4.19. The molecule has 1 aromatic heterocycles. The van der Waals surface area contributed by atoms with Gasteiger partial charge in [-0.3, -0.25) is 9.59 Å². The van der Waals surface area contributed by atoms with Crippen molar-refractivity contribution in [1.82, 2.24) is 4.57 Å². The Kier molecular flexibility index (Phi) is 3.51. The maximum atomic E-state index is 12.1. The summed E-state index contributed by atoms with van der Waals surface area (Å²) >= 11 is 0. The van der Waals surface area contributed by atoms with E-state index in [0.29, 0.717) is 12.3 Å². The van der Waals surface area contributed by atoms with E-state index in [-0.39, 0.29) is 11.3 Å². The molecule has 0 radical (unpaired) electrons. The molecule has 4 nitrogen and oxygen atoms in total. The highest BCUT2D eigenvalue weighted by Gasteiger charge is 2.22. The Labute approximate surface area is 112 Å². The molecule has 1 aliphatic heterocycles. The summed E-state index contributed by atoms with van der Waals surface area (Å²) in [6.07, 6.45) is 4.33. The second-order valence-corrected chi connectivity index (χ2v) is 5.48. The van der Waals surface area contributed by atoms with Gasteiger partial charge in [0.05, 0.1) is 0 Å². The summed E-state index contributed by atoms with van der Waals surface area (Å²) in [7, 11) is 0. The number of hydrogen-bond donors (Lipinski definition) is 0. The summed E-state index contributed by atoms with van der Waals surface area (Å²) in [6.45, 7) is 2.30. The fourth-order valence-electron chi connectivity index (χ4n) is 3.08. The van der Waals surface area contributed by atoms with Gasteiger partial charge in [0.2, 0.25) is 0 Å². The molecule has 2 aliphatic rings. The minimum absolute atomic E-state index is 0.0277. The Balaban J connectivity index is 1.93. The first-order valence-corrected chi connectivity index (χ1v) is 7.09. The minimum atomic E-state index is 0.0277. The molecule has 0 amide bonds. The molecule has 4 heteroatoms. The molecule has 0 spiro atoms. The zero-order valence-electron chi connectivity index (χ0n) is 11.1. The lowest BCUT2D eigenvalue weighted by atomic mass is 9.93. The lowest BCUT2D eigenvalue weighted by Crippen LogP contribution is -2.32. The van der Waals surface area contributed by atoms with Gasteiger partial charge >= 0.3 is 0 Å². The highest BCUT2D eigenvalue weighted by molar-refractivity contribution is 5.97. The Morgan fingerprint density at radius 3 is 2.74 bits per heavy atom. The normalized spacial score (nSPS) is 20.3. The number of ether oxygens (including phenoxy) is 1. The maximum Gasteiger partial charge on any atom is 0.250 e. The molecular formula is C15H19NO3. The third kappa shape index (κ3) is 2.50. The number of carbonyl (C=O) groups is 1. The van der Waals surface area contributed by atoms with Crippen molar-refractivity contribution in [2.24, 2.45) is 5.92 Å². The van der Waals surface area contributed by atoms with Gasteiger partial charge in [-0.2, -0.15) is 0 Å². The highest BCUT2D eigenvalue weighted by atomic mass is 16.5. The third-order valence-corrected chi connectivity index (χ3v) is 4.19. The molecule has 1 fully saturated rings. The molecule has 3 rings (SSSR count). The summed E-state index contributed by atoms with van der Waals surface area (Å²) in [5.74, 6) is 0.678. The number of ketones is 1. The minimum Gasteiger partial charge on any atom is -0.381 e. The molecule has 0 saturated carbocycles. The van der Waals surface area contributed by atoms with Crippen LogP contribution in [0.3, 0.4) is 0 Å². The van der Waals surface area contributed by atoms with Crippen molar-refractivity contribution in [3.8, 4) is 0 Å². The van der Waals surface area contributed by atoms with Crippen molar-refractivity contribution in [1.29, 1.82) is 0 Å². The van der Waals surface area contributed by atoms with Crippen LogP contribution in [-0.2, 0) is 17.7 Å². The average molecular weight is 261 g/mol. The maximum absolute atomic E-state index is 12.1. The van der Waals surface area contributed by atoms with E-state index in [9.17, 15) is 9.59 Å². The quantitative estimate of drug-likeness (QED) is 0.815. The lowest BCUT2D eigenvalue weighted by Gasteiger charge is -2.26. The first kappa shape index (κ1) is 12.6. The van der Waals surface area contributed by atoms with Crippen LogP contribution in [0.4, 0.5) is 0 Å². The monoisotopic (exact) mass is 261 g/mol. The Hall–Kier alpha value is -1.42. The molecule has 0 N–H and O–H groups in total. The molecule has 0 unspecified atom stereocenters. The van der Waals surface area contributed by atoms with Gasteiger partial charge < -0.3 is 9.30 Å². The zero-order chi connectivity index (χ0) is 13.2. The van der Waals surface area contributed by atoms with E-state index in [1.807, 2.05) is 4.57 Å². The summed E-state index contributed by atoms with van der Waals surface area (Å²) in [4.78, 5) is 24.0. The Morgan fingerprint density at radius 1 is 1.16 bits per heavy atom. The van der Waals surface area contributed by atoms with Gasteiger partial charge in [0.25, 0.3) is 5.56 Å². The number of nitrogens with zero attached hydrogens (tertiary/aromatic N) is 1. The van der Waals surface area contributed by atoms with Gasteiger partial charge in [-0.15, -0.1) is 0 Å². The largest absolute Gasteiger partial charge is 0.381 e. The van der Waals surface area contributed by atoms with Crippen LogP contribution in [0, 0.1) is 5.92 Å². The molecule has 1 aromatic rings. The smallest absolute Gasteiger partial charge is 0.250 e. The number of rotatable bonds is 2. The van der Waals surface area contributed by atoms with E-state index in [1.165, 1.54) is 0 Å². The fourth-order valence-corrected chi connectivity index (χ4v) is 3.08. The second kappa shape index (κ2) is 5.29. The molecule has 102 valence electrons. The van der Waals surface area contributed by atoms with E-state index < -0.39 is 0 Å². The van der Waals surface area contributed by atoms with Crippen LogP contribution in [0.1, 0.15) is 41.7 Å². The van der Waals surface area contributed by atoms with Gasteiger partial charge in [-0.1, -0.05) is 0 Å². The van der Waals surface area contributed by atoms with Gasteiger partial charge in [0.1, 0.15) is 0 Å². The standard InChI is InChI=1S/C15H19NO3/c17-14-3-1-2-13-12(14)4-5-15(18)16(13)10-11-6-8-19-9-7-11/h4-5,11H,1-3,6-10H2. The molecule has 0 bridgehead atoms. The van der Waals surface area contributed by atoms with Crippen molar-refractivity contribution in [2.45, 2.75) is 38.6 Å². The molecule has 1 aliphatic carbocycles. The number of fused-ring (bicyclic) bond motifs is 1. The second-order valence-electron chi connectivity index (χ2n) is 5.48. The number of aromatic nitrogens is 1. The van der Waals surface area contributed by atoms with Gasteiger partial charge in [0.15, 0.2) is 5.78 Å². The summed E-state index contributed by atoms with van der Waals surface area (Å²) < 4.78 is 7.19. The van der Waals surface area contributed by atoms with Gasteiger partial charge in [0, 0.05) is 43.5 Å². The van der Waals surface area contributed by atoms with Crippen LogP contribution < -0.4 is 5.56 Å². The number of hydrogen-bond acceptors (Lipinski definition) is 3. The van der Waals surface area contributed by atoms with Gasteiger partial charge in [-0.25, -0.2) is 0 Å². The topological polar surface area (TPSA) is 48.3 Å². The SMILES string of the molecule is O=C1CCCc2c1ccc(=O)n2CC1CCOCC1. The fraction of sp³-hybridized carbons (Fsp3) is 0.600. The Bertz CT molecular complexity index is 541. The molecule has 2 heterocycles. The van der Waals surface area contributed by atoms with Crippen LogP contribution in [0.5, 0.6) is 0 Å². The van der Waals surface area contributed by atoms with E-state index in [1.54, 1.807) is 12.1 Å². The molecule has 0 aromatic carbocycles.